The van der Waals surface area contributed by atoms with Crippen LogP contribution in [-0.2, 0) is 22.4 Å². The number of guanidine groups is 1. The van der Waals surface area contributed by atoms with Gasteiger partial charge in [0.05, 0.1) is 6.10 Å². The molecule has 0 amide bonds. The molecule has 158 valence electrons. The highest BCUT2D eigenvalue weighted by Crippen LogP contribution is 2.25. The molecule has 0 radical (unpaired) electrons. The maximum absolute atomic E-state index is 5.97. The van der Waals surface area contributed by atoms with Crippen molar-refractivity contribution in [3.63, 3.8) is 0 Å². The van der Waals surface area contributed by atoms with Crippen molar-refractivity contribution in [1.29, 1.82) is 0 Å². The number of hydrogen-bond acceptors (Lipinski definition) is 5. The van der Waals surface area contributed by atoms with Crippen molar-refractivity contribution in [3.05, 3.63) is 21.9 Å². The Balaban J connectivity index is 1.38. The molecule has 3 rings (SSSR count). The summed E-state index contributed by atoms with van der Waals surface area (Å²) < 4.78 is 11.1. The fourth-order valence-electron chi connectivity index (χ4n) is 4.03. The van der Waals surface area contributed by atoms with Crippen molar-refractivity contribution in [1.82, 2.24) is 15.1 Å². The van der Waals surface area contributed by atoms with Crippen LogP contribution in [-0.4, -0.2) is 81.5 Å². The van der Waals surface area contributed by atoms with E-state index in [2.05, 4.69) is 38.5 Å². The minimum Gasteiger partial charge on any atom is -0.385 e. The first-order valence-electron chi connectivity index (χ1n) is 10.6. The molecule has 1 aromatic heterocycles. The summed E-state index contributed by atoms with van der Waals surface area (Å²) in [6.45, 7) is 9.06. The standard InChI is InChI=1S/C21H36N4O2S/c1-17(25-11-7-20-18(16-25)8-14-28-20)15-23-21(22-2)24-9-5-19(6-10-24)27-13-4-12-26-3/h8,14,17,19H,4-7,9-13,15-16H2,1-3H3,(H,22,23). The van der Waals surface area contributed by atoms with Crippen LogP contribution in [0.1, 0.15) is 36.6 Å². The lowest BCUT2D eigenvalue weighted by Gasteiger charge is -2.36. The lowest BCUT2D eigenvalue weighted by atomic mass is 10.1. The van der Waals surface area contributed by atoms with Gasteiger partial charge in [-0.2, -0.15) is 0 Å². The monoisotopic (exact) mass is 408 g/mol. The van der Waals surface area contributed by atoms with Crippen LogP contribution in [0.15, 0.2) is 16.4 Å². The summed E-state index contributed by atoms with van der Waals surface area (Å²) in [5.74, 6) is 1.03. The van der Waals surface area contributed by atoms with Crippen LogP contribution in [0.3, 0.4) is 0 Å². The van der Waals surface area contributed by atoms with Gasteiger partial charge in [-0.05, 0) is 49.6 Å². The Morgan fingerprint density at radius 3 is 2.89 bits per heavy atom. The fraction of sp³-hybridized carbons (Fsp3) is 0.762. The predicted molar refractivity (Wildman–Crippen MR) is 116 cm³/mol. The fourth-order valence-corrected chi connectivity index (χ4v) is 4.92. The summed E-state index contributed by atoms with van der Waals surface area (Å²) in [7, 11) is 3.63. The van der Waals surface area contributed by atoms with E-state index in [0.29, 0.717) is 12.1 Å². The highest BCUT2D eigenvalue weighted by atomic mass is 32.1. The SMILES string of the molecule is CN=C(NCC(C)N1CCc2sccc2C1)N1CCC(OCCCOC)CC1. The van der Waals surface area contributed by atoms with Gasteiger partial charge in [0.25, 0.3) is 0 Å². The molecule has 1 fully saturated rings. The molecule has 6 nitrogen and oxygen atoms in total. The normalized spacial score (nSPS) is 20.2. The number of rotatable bonds is 8. The number of fused-ring (bicyclic) bond motifs is 1. The zero-order valence-electron chi connectivity index (χ0n) is 17.7. The third-order valence-corrected chi connectivity index (χ3v) is 6.84. The number of nitrogens with one attached hydrogen (secondary N) is 1. The number of likely N-dealkylation sites (tertiary alicyclic amines) is 1. The van der Waals surface area contributed by atoms with Gasteiger partial charge in [0, 0.05) is 71.0 Å². The van der Waals surface area contributed by atoms with E-state index < -0.39 is 0 Å². The van der Waals surface area contributed by atoms with Crippen LogP contribution in [0.2, 0.25) is 0 Å². The molecule has 1 aromatic rings. The minimum absolute atomic E-state index is 0.373. The summed E-state index contributed by atoms with van der Waals surface area (Å²) in [5, 5.41) is 5.83. The largest absolute Gasteiger partial charge is 0.385 e. The first-order valence-corrected chi connectivity index (χ1v) is 11.4. The molecule has 2 aliphatic rings. The maximum Gasteiger partial charge on any atom is 0.193 e. The molecule has 0 aliphatic carbocycles. The van der Waals surface area contributed by atoms with E-state index in [9.17, 15) is 0 Å². The van der Waals surface area contributed by atoms with E-state index in [1.807, 2.05) is 18.4 Å². The highest BCUT2D eigenvalue weighted by Gasteiger charge is 2.24. The van der Waals surface area contributed by atoms with Crippen molar-refractivity contribution in [2.45, 2.75) is 51.3 Å². The first kappa shape index (κ1) is 21.6. The van der Waals surface area contributed by atoms with Gasteiger partial charge < -0.3 is 19.7 Å². The minimum atomic E-state index is 0.373. The van der Waals surface area contributed by atoms with Crippen LogP contribution >= 0.6 is 11.3 Å². The van der Waals surface area contributed by atoms with Crippen molar-refractivity contribution < 1.29 is 9.47 Å². The number of methoxy groups -OCH3 is 1. The second kappa shape index (κ2) is 11.1. The molecular weight excluding hydrogens is 372 g/mol. The quantitative estimate of drug-likeness (QED) is 0.407. The number of nitrogens with zero attached hydrogens (tertiary/aromatic N) is 3. The molecule has 3 heterocycles. The summed E-state index contributed by atoms with van der Waals surface area (Å²) >= 11 is 1.90. The van der Waals surface area contributed by atoms with E-state index in [1.165, 1.54) is 12.0 Å². The van der Waals surface area contributed by atoms with Crippen molar-refractivity contribution in [2.24, 2.45) is 4.99 Å². The van der Waals surface area contributed by atoms with Crippen LogP contribution in [0.5, 0.6) is 0 Å². The Morgan fingerprint density at radius 2 is 2.14 bits per heavy atom. The zero-order valence-corrected chi connectivity index (χ0v) is 18.5. The van der Waals surface area contributed by atoms with Crippen molar-refractivity contribution >= 4 is 17.3 Å². The van der Waals surface area contributed by atoms with Crippen LogP contribution in [0, 0.1) is 0 Å². The molecule has 28 heavy (non-hydrogen) atoms. The highest BCUT2D eigenvalue weighted by molar-refractivity contribution is 7.10. The molecule has 7 heteroatoms. The Labute approximate surface area is 173 Å². The predicted octanol–water partition coefficient (Wildman–Crippen LogP) is 2.59. The molecule has 2 aliphatic heterocycles. The Kier molecular flexibility index (Phi) is 8.58. The van der Waals surface area contributed by atoms with E-state index in [1.54, 1.807) is 12.0 Å². The number of aliphatic imine (C=N–C) groups is 1. The first-order chi connectivity index (χ1) is 13.7. The second-order valence-corrected chi connectivity index (χ2v) is 8.77. The van der Waals surface area contributed by atoms with Gasteiger partial charge >= 0.3 is 0 Å². The third kappa shape index (κ3) is 5.92. The molecule has 0 spiro atoms. The topological polar surface area (TPSA) is 49.3 Å². The third-order valence-electron chi connectivity index (χ3n) is 5.82. The maximum atomic E-state index is 5.97. The van der Waals surface area contributed by atoms with E-state index in [-0.39, 0.29) is 0 Å². The molecule has 1 N–H and O–H groups in total. The average molecular weight is 409 g/mol. The van der Waals surface area contributed by atoms with Gasteiger partial charge in [0.2, 0.25) is 0 Å². The van der Waals surface area contributed by atoms with E-state index in [0.717, 1.165) is 71.2 Å². The van der Waals surface area contributed by atoms with Crippen molar-refractivity contribution in [3.8, 4) is 0 Å². The molecule has 0 saturated carbocycles. The summed E-state index contributed by atoms with van der Waals surface area (Å²) in [6.07, 6.45) is 4.66. The number of piperidine rings is 1. The van der Waals surface area contributed by atoms with Gasteiger partial charge in [0.1, 0.15) is 0 Å². The average Bonchev–Trinajstić information content (AvgIpc) is 3.20. The van der Waals surface area contributed by atoms with Gasteiger partial charge in [-0.15, -0.1) is 11.3 Å². The summed E-state index contributed by atoms with van der Waals surface area (Å²) in [4.78, 5) is 11.0. The van der Waals surface area contributed by atoms with Crippen molar-refractivity contribution in [2.75, 3.05) is 53.6 Å². The molecule has 0 bridgehead atoms. The number of thiophene rings is 1. The Hall–Kier alpha value is -1.15. The summed E-state index contributed by atoms with van der Waals surface area (Å²) in [5.41, 5.74) is 1.51. The Morgan fingerprint density at radius 1 is 1.32 bits per heavy atom. The van der Waals surface area contributed by atoms with Crippen LogP contribution < -0.4 is 5.32 Å². The van der Waals surface area contributed by atoms with Gasteiger partial charge in [-0.3, -0.25) is 9.89 Å². The Bertz CT molecular complexity index is 613. The van der Waals surface area contributed by atoms with Gasteiger partial charge in [0.15, 0.2) is 5.96 Å². The van der Waals surface area contributed by atoms with Gasteiger partial charge in [-0.1, -0.05) is 0 Å². The molecular formula is C21H36N4O2S. The van der Waals surface area contributed by atoms with E-state index in [4.69, 9.17) is 9.47 Å². The molecule has 1 unspecified atom stereocenters. The molecule has 1 saturated heterocycles. The van der Waals surface area contributed by atoms with Crippen LogP contribution in [0.4, 0.5) is 0 Å². The van der Waals surface area contributed by atoms with Gasteiger partial charge in [-0.25, -0.2) is 0 Å². The number of hydrogen-bond donors (Lipinski definition) is 1. The molecule has 0 aromatic carbocycles. The molecule has 1 atom stereocenters. The number of ether oxygens (including phenoxy) is 2. The van der Waals surface area contributed by atoms with E-state index >= 15 is 0 Å². The lowest BCUT2D eigenvalue weighted by molar-refractivity contribution is 0.00985. The summed E-state index contributed by atoms with van der Waals surface area (Å²) in [6, 6.07) is 2.78. The zero-order chi connectivity index (χ0) is 19.8. The second-order valence-electron chi connectivity index (χ2n) is 7.77. The van der Waals surface area contributed by atoms with Crippen LogP contribution in [0.25, 0.3) is 0 Å². The smallest absolute Gasteiger partial charge is 0.193 e. The lowest BCUT2D eigenvalue weighted by Crippen LogP contribution is -2.50.